The summed E-state index contributed by atoms with van der Waals surface area (Å²) in [5, 5.41) is 11.9. The number of thiophene rings is 1. The third-order valence-corrected chi connectivity index (χ3v) is 6.27. The summed E-state index contributed by atoms with van der Waals surface area (Å²) in [6.07, 6.45) is 1.15. The maximum absolute atomic E-state index is 13.8. The molecule has 2 amide bonds. The van der Waals surface area contributed by atoms with E-state index in [0.29, 0.717) is 19.5 Å². The smallest absolute Gasteiger partial charge is 0.408 e. The van der Waals surface area contributed by atoms with Gasteiger partial charge in [0, 0.05) is 21.4 Å². The van der Waals surface area contributed by atoms with Crippen molar-refractivity contribution >= 4 is 39.3 Å². The summed E-state index contributed by atoms with van der Waals surface area (Å²) in [5.41, 5.74) is 0.335. The maximum atomic E-state index is 13.8. The molecule has 0 fully saturated rings. The number of halogens is 1. The second-order valence-electron chi connectivity index (χ2n) is 8.38. The van der Waals surface area contributed by atoms with Gasteiger partial charge < -0.3 is 10.0 Å². The Hall–Kier alpha value is -1.86. The molecule has 164 valence electrons. The molecule has 0 bridgehead atoms. The highest BCUT2D eigenvalue weighted by Crippen LogP contribution is 2.25. The Balaban J connectivity index is 2.38. The number of hydrogen-bond donors (Lipinski definition) is 1. The van der Waals surface area contributed by atoms with Gasteiger partial charge in [0.2, 0.25) is 5.91 Å². The molecular weight excluding hydrogens is 464 g/mol. The van der Waals surface area contributed by atoms with Crippen LogP contribution in [0.2, 0.25) is 0 Å². The molecule has 0 spiro atoms. The number of carbonyl (C=O) groups is 2. The van der Waals surface area contributed by atoms with Crippen LogP contribution in [0.4, 0.5) is 4.79 Å². The molecule has 2 aromatic rings. The lowest BCUT2D eigenvalue weighted by Gasteiger charge is -2.40. The second kappa shape index (κ2) is 11.0. The van der Waals surface area contributed by atoms with Crippen LogP contribution in [-0.2, 0) is 17.9 Å². The van der Waals surface area contributed by atoms with Gasteiger partial charge in [-0.05, 0) is 56.3 Å². The van der Waals surface area contributed by atoms with Crippen molar-refractivity contribution in [1.29, 1.82) is 0 Å². The van der Waals surface area contributed by atoms with Crippen molar-refractivity contribution in [1.82, 2.24) is 9.80 Å². The lowest BCUT2D eigenvalue weighted by atomic mass is 9.98. The van der Waals surface area contributed by atoms with Crippen molar-refractivity contribution in [3.05, 3.63) is 56.7 Å². The maximum Gasteiger partial charge on any atom is 0.408 e. The van der Waals surface area contributed by atoms with E-state index in [1.54, 1.807) is 16.2 Å². The molecule has 1 aromatic carbocycles. The number of amides is 2. The summed E-state index contributed by atoms with van der Waals surface area (Å²) in [4.78, 5) is 30.1. The van der Waals surface area contributed by atoms with Gasteiger partial charge in [-0.1, -0.05) is 53.9 Å². The zero-order valence-electron chi connectivity index (χ0n) is 18.1. The number of nitrogens with zero attached hydrogens (tertiary/aromatic N) is 2. The van der Waals surface area contributed by atoms with E-state index in [4.69, 9.17) is 0 Å². The van der Waals surface area contributed by atoms with Gasteiger partial charge in [-0.3, -0.25) is 9.69 Å². The fourth-order valence-corrected chi connectivity index (χ4v) is 4.46. The monoisotopic (exact) mass is 494 g/mol. The molecule has 0 aliphatic rings. The minimum atomic E-state index is -1.06. The Labute approximate surface area is 191 Å². The van der Waals surface area contributed by atoms with Crippen molar-refractivity contribution in [2.24, 2.45) is 0 Å². The van der Waals surface area contributed by atoms with E-state index in [1.807, 2.05) is 62.5 Å². The molecule has 1 N–H and O–H groups in total. The van der Waals surface area contributed by atoms with E-state index in [9.17, 15) is 14.7 Å². The van der Waals surface area contributed by atoms with E-state index in [1.165, 1.54) is 4.90 Å². The highest BCUT2D eigenvalue weighted by Gasteiger charge is 2.39. The summed E-state index contributed by atoms with van der Waals surface area (Å²) in [6.45, 7) is 8.47. The Bertz CT molecular complexity index is 816. The van der Waals surface area contributed by atoms with Crippen LogP contribution in [0.1, 0.15) is 57.4 Å². The summed E-state index contributed by atoms with van der Waals surface area (Å²) < 4.78 is 0.980. The van der Waals surface area contributed by atoms with Crippen molar-refractivity contribution in [2.75, 3.05) is 0 Å². The number of rotatable bonds is 9. The molecule has 0 aliphatic carbocycles. The second-order valence-corrected chi connectivity index (χ2v) is 10.3. The first kappa shape index (κ1) is 24.4. The van der Waals surface area contributed by atoms with Crippen LogP contribution in [0.15, 0.2) is 46.3 Å². The standard InChI is InChI=1S/C23H31BrN2O3S/c1-5-6-9-20(26(22(28)29)23(2,3)4)21(27)25(16-19-8-7-14-30-19)15-17-10-12-18(24)13-11-17/h7-8,10-14,20H,5-6,9,15-16H2,1-4H3,(H,28,29)/t20-/m0/s1. The van der Waals surface area contributed by atoms with Crippen LogP contribution in [0, 0.1) is 0 Å². The molecule has 0 aliphatic heterocycles. The molecule has 1 heterocycles. The number of benzene rings is 1. The summed E-state index contributed by atoms with van der Waals surface area (Å²) in [7, 11) is 0. The highest BCUT2D eigenvalue weighted by atomic mass is 79.9. The zero-order valence-corrected chi connectivity index (χ0v) is 20.5. The minimum Gasteiger partial charge on any atom is -0.465 e. The molecule has 7 heteroatoms. The Morgan fingerprint density at radius 1 is 1.13 bits per heavy atom. The third kappa shape index (κ3) is 6.84. The van der Waals surface area contributed by atoms with Gasteiger partial charge in [-0.2, -0.15) is 0 Å². The fourth-order valence-electron chi connectivity index (χ4n) is 3.47. The van der Waals surface area contributed by atoms with Gasteiger partial charge in [-0.25, -0.2) is 4.79 Å². The topological polar surface area (TPSA) is 60.9 Å². The van der Waals surface area contributed by atoms with Gasteiger partial charge in [-0.15, -0.1) is 11.3 Å². The number of carboxylic acid groups (broad SMARTS) is 1. The first-order valence-corrected chi connectivity index (χ1v) is 11.9. The molecule has 1 aromatic heterocycles. The first-order valence-electron chi connectivity index (χ1n) is 10.2. The molecule has 0 saturated carbocycles. The van der Waals surface area contributed by atoms with Crippen molar-refractivity contribution in [2.45, 2.75) is 71.6 Å². The fraction of sp³-hybridized carbons (Fsp3) is 0.478. The predicted octanol–water partition coefficient (Wildman–Crippen LogP) is 6.38. The Morgan fingerprint density at radius 3 is 2.30 bits per heavy atom. The van der Waals surface area contributed by atoms with Crippen LogP contribution in [0.3, 0.4) is 0 Å². The number of hydrogen-bond acceptors (Lipinski definition) is 3. The molecule has 0 radical (unpaired) electrons. The summed E-state index contributed by atoms with van der Waals surface area (Å²) in [5.74, 6) is -0.142. The molecular formula is C23H31BrN2O3S. The normalized spacial score (nSPS) is 12.4. The minimum absolute atomic E-state index is 0.142. The van der Waals surface area contributed by atoms with Crippen LogP contribution >= 0.6 is 27.3 Å². The summed E-state index contributed by atoms with van der Waals surface area (Å²) in [6, 6.07) is 11.1. The molecule has 2 rings (SSSR count). The summed E-state index contributed by atoms with van der Waals surface area (Å²) >= 11 is 5.05. The largest absolute Gasteiger partial charge is 0.465 e. The SMILES string of the molecule is CCCC[C@@H](C(=O)N(Cc1ccc(Br)cc1)Cc1cccs1)N(C(=O)O)C(C)(C)C. The Morgan fingerprint density at radius 2 is 1.80 bits per heavy atom. The highest BCUT2D eigenvalue weighted by molar-refractivity contribution is 9.10. The van der Waals surface area contributed by atoms with Gasteiger partial charge in [0.05, 0.1) is 6.54 Å². The number of carbonyl (C=O) groups excluding carboxylic acids is 1. The van der Waals surface area contributed by atoms with Crippen molar-refractivity contribution in [3.63, 3.8) is 0 Å². The van der Waals surface area contributed by atoms with E-state index < -0.39 is 17.7 Å². The molecule has 0 saturated heterocycles. The van der Waals surface area contributed by atoms with E-state index in [-0.39, 0.29) is 5.91 Å². The van der Waals surface area contributed by atoms with Crippen molar-refractivity contribution in [3.8, 4) is 0 Å². The Kier molecular flexibility index (Phi) is 8.92. The van der Waals surface area contributed by atoms with Gasteiger partial charge in [0.25, 0.3) is 0 Å². The van der Waals surface area contributed by atoms with Crippen LogP contribution in [0.25, 0.3) is 0 Å². The van der Waals surface area contributed by atoms with Gasteiger partial charge >= 0.3 is 6.09 Å². The average Bonchev–Trinajstić information content (AvgIpc) is 3.17. The van der Waals surface area contributed by atoms with Gasteiger partial charge in [0.15, 0.2) is 0 Å². The van der Waals surface area contributed by atoms with Crippen LogP contribution in [0.5, 0.6) is 0 Å². The van der Waals surface area contributed by atoms with E-state index in [2.05, 4.69) is 22.9 Å². The lowest BCUT2D eigenvalue weighted by molar-refractivity contribution is -0.139. The number of unbranched alkanes of at least 4 members (excludes halogenated alkanes) is 1. The lowest BCUT2D eigenvalue weighted by Crippen LogP contribution is -2.57. The van der Waals surface area contributed by atoms with Crippen LogP contribution < -0.4 is 0 Å². The van der Waals surface area contributed by atoms with E-state index >= 15 is 0 Å². The molecule has 30 heavy (non-hydrogen) atoms. The predicted molar refractivity (Wildman–Crippen MR) is 126 cm³/mol. The molecule has 5 nitrogen and oxygen atoms in total. The van der Waals surface area contributed by atoms with Gasteiger partial charge in [0.1, 0.15) is 6.04 Å². The molecule has 0 unspecified atom stereocenters. The van der Waals surface area contributed by atoms with Crippen molar-refractivity contribution < 1.29 is 14.7 Å². The first-order chi connectivity index (χ1) is 14.1. The zero-order chi connectivity index (χ0) is 22.3. The van der Waals surface area contributed by atoms with Crippen LogP contribution in [-0.4, -0.2) is 38.5 Å². The quantitative estimate of drug-likeness (QED) is 0.439. The average molecular weight is 495 g/mol. The third-order valence-electron chi connectivity index (χ3n) is 4.88. The van der Waals surface area contributed by atoms with E-state index in [0.717, 1.165) is 27.8 Å². The molecule has 1 atom stereocenters.